The molecule has 1 aromatic carbocycles. The van der Waals surface area contributed by atoms with Crippen molar-refractivity contribution < 1.29 is 36.7 Å². The Morgan fingerprint density at radius 2 is 1.91 bits per heavy atom. The van der Waals surface area contributed by atoms with Gasteiger partial charge in [0.25, 0.3) is 5.91 Å². The van der Waals surface area contributed by atoms with Gasteiger partial charge in [-0.25, -0.2) is 9.69 Å². The molecule has 2 unspecified atom stereocenters. The summed E-state index contributed by atoms with van der Waals surface area (Å²) in [7, 11) is 0. The Kier molecular flexibility index (Phi) is 5.61. The third-order valence-corrected chi connectivity index (χ3v) is 5.35. The van der Waals surface area contributed by atoms with Gasteiger partial charge in [0.05, 0.1) is 18.0 Å². The SMILES string of the molecule is CC1(C(N)c2ccncc2C(=O)c2ccco2)NC(=O)N(c2ccc(OC(F)(F)F)cc2)C1=O. The Hall–Kier alpha value is -4.19. The number of hydrogen-bond acceptors (Lipinski definition) is 7. The van der Waals surface area contributed by atoms with Crippen LogP contribution in [-0.4, -0.2) is 34.6 Å². The Bertz CT molecular complexity index is 1240. The van der Waals surface area contributed by atoms with E-state index in [9.17, 15) is 27.6 Å². The van der Waals surface area contributed by atoms with Gasteiger partial charge in [0.15, 0.2) is 5.76 Å². The minimum atomic E-state index is -4.89. The lowest BCUT2D eigenvalue weighted by Gasteiger charge is -2.30. The molecule has 0 aliphatic carbocycles. The molecule has 0 radical (unpaired) electrons. The third-order valence-electron chi connectivity index (χ3n) is 5.35. The Morgan fingerprint density at radius 1 is 1.21 bits per heavy atom. The molecule has 1 aliphatic heterocycles. The number of alkyl halides is 3. The standard InChI is InChI=1S/C22H17F3N4O5/c1-21(18(26)14-8-9-27-11-15(14)17(30)16-3-2-10-33-16)19(31)29(20(32)28-21)12-4-6-13(7-5-12)34-22(23,24)25/h2-11,18H,26H2,1H3,(H,28,32). The van der Waals surface area contributed by atoms with Gasteiger partial charge in [-0.3, -0.25) is 14.6 Å². The van der Waals surface area contributed by atoms with Gasteiger partial charge in [-0.15, -0.1) is 13.2 Å². The average molecular weight is 474 g/mol. The second-order valence-corrected chi connectivity index (χ2v) is 7.56. The van der Waals surface area contributed by atoms with Crippen LogP contribution in [0.3, 0.4) is 0 Å². The summed E-state index contributed by atoms with van der Waals surface area (Å²) in [6.45, 7) is 1.39. The highest BCUT2D eigenvalue weighted by atomic mass is 19.4. The van der Waals surface area contributed by atoms with Crippen LogP contribution in [0.25, 0.3) is 0 Å². The van der Waals surface area contributed by atoms with Crippen LogP contribution in [0, 0.1) is 0 Å². The monoisotopic (exact) mass is 474 g/mol. The number of pyridine rings is 1. The zero-order valence-corrected chi connectivity index (χ0v) is 17.5. The highest BCUT2D eigenvalue weighted by molar-refractivity contribution is 6.23. The van der Waals surface area contributed by atoms with E-state index in [0.29, 0.717) is 0 Å². The number of furan rings is 1. The van der Waals surface area contributed by atoms with Gasteiger partial charge < -0.3 is 20.2 Å². The minimum absolute atomic E-state index is 0.00885. The topological polar surface area (TPSA) is 128 Å². The largest absolute Gasteiger partial charge is 0.573 e. The molecule has 1 aliphatic rings. The van der Waals surface area contributed by atoms with Crippen LogP contribution in [0.5, 0.6) is 5.75 Å². The molecule has 9 nitrogen and oxygen atoms in total. The van der Waals surface area contributed by atoms with Crippen molar-refractivity contribution in [3.63, 3.8) is 0 Å². The summed E-state index contributed by atoms with van der Waals surface area (Å²) in [6, 6.07) is 6.65. The molecule has 0 spiro atoms. The first-order valence-corrected chi connectivity index (χ1v) is 9.81. The van der Waals surface area contributed by atoms with Crippen LogP contribution in [0.15, 0.2) is 65.5 Å². The molecule has 3 N–H and O–H groups in total. The number of carbonyl (C=O) groups excluding carboxylic acids is 3. The highest BCUT2D eigenvalue weighted by Gasteiger charge is 2.53. The maximum Gasteiger partial charge on any atom is 0.573 e. The molecule has 4 rings (SSSR count). The molecule has 2 aromatic heterocycles. The van der Waals surface area contributed by atoms with Crippen LogP contribution < -0.4 is 20.7 Å². The first kappa shape index (κ1) is 23.0. The first-order chi connectivity index (χ1) is 16.0. The molecule has 1 fully saturated rings. The third kappa shape index (κ3) is 4.10. The minimum Gasteiger partial charge on any atom is -0.461 e. The number of imide groups is 1. The van der Waals surface area contributed by atoms with Crippen LogP contribution in [-0.2, 0) is 4.79 Å². The van der Waals surface area contributed by atoms with E-state index in [-0.39, 0.29) is 22.6 Å². The Morgan fingerprint density at radius 3 is 2.53 bits per heavy atom. The molecule has 3 amide bonds. The number of anilines is 1. The van der Waals surface area contributed by atoms with Crippen LogP contribution in [0.2, 0.25) is 0 Å². The van der Waals surface area contributed by atoms with E-state index in [1.807, 2.05) is 0 Å². The van der Waals surface area contributed by atoms with Crippen molar-refractivity contribution >= 4 is 23.4 Å². The average Bonchev–Trinajstić information content (AvgIpc) is 3.40. The fraction of sp³-hybridized carbons (Fsp3) is 0.182. The second kappa shape index (κ2) is 8.30. The van der Waals surface area contributed by atoms with E-state index in [1.54, 1.807) is 0 Å². The van der Waals surface area contributed by atoms with Gasteiger partial charge in [0.1, 0.15) is 11.3 Å². The number of rotatable bonds is 6. The van der Waals surface area contributed by atoms with E-state index >= 15 is 0 Å². The number of carbonyl (C=O) groups is 3. The fourth-order valence-corrected chi connectivity index (χ4v) is 3.62. The maximum absolute atomic E-state index is 13.3. The molecule has 0 bridgehead atoms. The second-order valence-electron chi connectivity index (χ2n) is 7.56. The first-order valence-electron chi connectivity index (χ1n) is 9.81. The highest BCUT2D eigenvalue weighted by Crippen LogP contribution is 2.35. The number of ether oxygens (including phenoxy) is 1. The molecule has 176 valence electrons. The normalized spacial score (nSPS) is 19.1. The number of benzene rings is 1. The smallest absolute Gasteiger partial charge is 0.461 e. The summed E-state index contributed by atoms with van der Waals surface area (Å²) in [4.78, 5) is 43.5. The number of nitrogens with two attached hydrogens (primary N) is 1. The van der Waals surface area contributed by atoms with E-state index < -0.39 is 41.4 Å². The molecule has 3 aromatic rings. The lowest BCUT2D eigenvalue weighted by atomic mass is 9.84. The van der Waals surface area contributed by atoms with E-state index in [4.69, 9.17) is 10.2 Å². The van der Waals surface area contributed by atoms with Gasteiger partial charge >= 0.3 is 12.4 Å². The molecule has 34 heavy (non-hydrogen) atoms. The van der Waals surface area contributed by atoms with Crippen molar-refractivity contribution in [2.24, 2.45) is 5.73 Å². The number of aromatic nitrogens is 1. The zero-order chi connectivity index (χ0) is 24.7. The number of nitrogens with one attached hydrogen (secondary N) is 1. The predicted octanol–water partition coefficient (Wildman–Crippen LogP) is 3.32. The van der Waals surface area contributed by atoms with Crippen molar-refractivity contribution in [2.75, 3.05) is 4.90 Å². The summed E-state index contributed by atoms with van der Waals surface area (Å²) in [5, 5.41) is 2.53. The van der Waals surface area contributed by atoms with Crippen molar-refractivity contribution in [3.8, 4) is 5.75 Å². The molecule has 1 saturated heterocycles. The number of nitrogens with zero attached hydrogens (tertiary/aromatic N) is 2. The number of halogens is 3. The van der Waals surface area contributed by atoms with Gasteiger partial charge in [-0.1, -0.05) is 0 Å². The molecule has 0 saturated carbocycles. The zero-order valence-electron chi connectivity index (χ0n) is 17.5. The fourth-order valence-electron chi connectivity index (χ4n) is 3.62. The van der Waals surface area contributed by atoms with Crippen LogP contribution >= 0.6 is 0 Å². The lowest BCUT2D eigenvalue weighted by molar-refractivity contribution is -0.274. The van der Waals surface area contributed by atoms with Crippen molar-refractivity contribution in [3.05, 3.63) is 78.0 Å². The molecule has 3 heterocycles. The Balaban J connectivity index is 1.63. The van der Waals surface area contributed by atoms with Crippen molar-refractivity contribution in [1.29, 1.82) is 0 Å². The summed E-state index contributed by atoms with van der Waals surface area (Å²) in [5.41, 5.74) is 5.04. The quantitative estimate of drug-likeness (QED) is 0.414. The summed E-state index contributed by atoms with van der Waals surface area (Å²) in [5.74, 6) is -1.75. The van der Waals surface area contributed by atoms with Crippen LogP contribution in [0.4, 0.5) is 23.7 Å². The van der Waals surface area contributed by atoms with E-state index in [0.717, 1.165) is 29.2 Å². The van der Waals surface area contributed by atoms with E-state index in [2.05, 4.69) is 15.0 Å². The lowest BCUT2D eigenvalue weighted by Crippen LogP contribution is -2.53. The summed E-state index contributed by atoms with van der Waals surface area (Å²) >= 11 is 0. The predicted molar refractivity (Wildman–Crippen MR) is 111 cm³/mol. The molecule has 2 atom stereocenters. The van der Waals surface area contributed by atoms with Crippen molar-refractivity contribution in [1.82, 2.24) is 10.3 Å². The van der Waals surface area contributed by atoms with Crippen LogP contribution in [0.1, 0.15) is 34.6 Å². The molecule has 12 heteroatoms. The van der Waals surface area contributed by atoms with Crippen molar-refractivity contribution in [2.45, 2.75) is 24.9 Å². The van der Waals surface area contributed by atoms with Gasteiger partial charge in [0.2, 0.25) is 5.78 Å². The molecular weight excluding hydrogens is 457 g/mol. The molecular formula is C22H17F3N4O5. The Labute approximate surface area is 190 Å². The van der Waals surface area contributed by atoms with Gasteiger partial charge in [-0.05, 0) is 55.0 Å². The van der Waals surface area contributed by atoms with Gasteiger partial charge in [-0.2, -0.15) is 0 Å². The van der Waals surface area contributed by atoms with Gasteiger partial charge in [0, 0.05) is 18.0 Å². The number of hydrogen-bond donors (Lipinski definition) is 2. The number of urea groups is 1. The number of ketones is 1. The maximum atomic E-state index is 13.3. The number of amides is 3. The summed E-state index contributed by atoms with van der Waals surface area (Å²) in [6.07, 6.45) is -0.894. The van der Waals surface area contributed by atoms with E-state index in [1.165, 1.54) is 43.8 Å². The summed E-state index contributed by atoms with van der Waals surface area (Å²) < 4.78 is 46.1.